The van der Waals surface area contributed by atoms with Crippen molar-refractivity contribution in [2.45, 2.75) is 32.1 Å². The standard InChI is InChI=1S/C31H32N2O4S/c1-23-21-24(2)30(25(3)22-23)38(35,36)32-19-10-20-33(31(34)26-11-6-4-7-12-26)27-15-17-29(18-16-27)37-28-13-8-5-9-14-28/h4-9,11-18,21-22,32H,10,19-20H2,1-3H3. The van der Waals surface area contributed by atoms with Gasteiger partial charge in [0.25, 0.3) is 5.91 Å². The van der Waals surface area contributed by atoms with Gasteiger partial charge in [-0.15, -0.1) is 0 Å². The van der Waals surface area contributed by atoms with Gasteiger partial charge in [-0.3, -0.25) is 4.79 Å². The normalized spacial score (nSPS) is 11.2. The first-order valence-corrected chi connectivity index (χ1v) is 14.0. The van der Waals surface area contributed by atoms with Gasteiger partial charge in [0.05, 0.1) is 4.90 Å². The highest BCUT2D eigenvalue weighted by Gasteiger charge is 2.21. The largest absolute Gasteiger partial charge is 0.457 e. The molecule has 7 heteroatoms. The molecule has 0 spiro atoms. The van der Waals surface area contributed by atoms with Crippen molar-refractivity contribution in [3.8, 4) is 11.5 Å². The minimum absolute atomic E-state index is 0.157. The van der Waals surface area contributed by atoms with Crippen LogP contribution in [0.25, 0.3) is 0 Å². The predicted molar refractivity (Wildman–Crippen MR) is 152 cm³/mol. The summed E-state index contributed by atoms with van der Waals surface area (Å²) in [5, 5.41) is 0. The van der Waals surface area contributed by atoms with E-state index in [4.69, 9.17) is 4.74 Å². The Kier molecular flexibility index (Phi) is 8.61. The molecule has 0 saturated heterocycles. The smallest absolute Gasteiger partial charge is 0.258 e. The van der Waals surface area contributed by atoms with Crippen molar-refractivity contribution < 1.29 is 17.9 Å². The van der Waals surface area contributed by atoms with E-state index in [1.807, 2.05) is 91.9 Å². The highest BCUT2D eigenvalue weighted by atomic mass is 32.2. The number of para-hydroxylation sites is 1. The molecule has 0 aliphatic heterocycles. The molecule has 1 amide bonds. The molecule has 1 N–H and O–H groups in total. The van der Waals surface area contributed by atoms with E-state index in [2.05, 4.69) is 4.72 Å². The summed E-state index contributed by atoms with van der Waals surface area (Å²) in [4.78, 5) is 15.4. The highest BCUT2D eigenvalue weighted by Crippen LogP contribution is 2.26. The molecule has 0 aromatic heterocycles. The van der Waals surface area contributed by atoms with Crippen LogP contribution in [0.15, 0.2) is 102 Å². The van der Waals surface area contributed by atoms with Gasteiger partial charge in [-0.2, -0.15) is 0 Å². The van der Waals surface area contributed by atoms with Crippen LogP contribution in [-0.4, -0.2) is 27.4 Å². The van der Waals surface area contributed by atoms with Gasteiger partial charge in [0.15, 0.2) is 0 Å². The Bertz CT molecular complexity index is 1460. The average molecular weight is 529 g/mol. The molecule has 196 valence electrons. The van der Waals surface area contributed by atoms with Gasteiger partial charge >= 0.3 is 0 Å². The molecule has 4 aromatic rings. The number of aryl methyl sites for hydroxylation is 3. The van der Waals surface area contributed by atoms with E-state index in [0.717, 1.165) is 11.3 Å². The predicted octanol–water partition coefficient (Wildman–Crippen LogP) is 6.42. The molecule has 0 fully saturated rings. The van der Waals surface area contributed by atoms with Gasteiger partial charge in [0.1, 0.15) is 11.5 Å². The fourth-order valence-corrected chi connectivity index (χ4v) is 6.03. The number of hydrogen-bond donors (Lipinski definition) is 1. The molecule has 0 bridgehead atoms. The van der Waals surface area contributed by atoms with Gasteiger partial charge in [-0.05, 0) is 86.8 Å². The summed E-state index contributed by atoms with van der Waals surface area (Å²) in [6, 6.07) is 29.6. The van der Waals surface area contributed by atoms with Crippen molar-refractivity contribution in [3.63, 3.8) is 0 Å². The summed E-state index contributed by atoms with van der Waals surface area (Å²) < 4.78 is 34.7. The van der Waals surface area contributed by atoms with E-state index >= 15 is 0 Å². The van der Waals surface area contributed by atoms with Crippen LogP contribution >= 0.6 is 0 Å². The highest BCUT2D eigenvalue weighted by molar-refractivity contribution is 7.89. The van der Waals surface area contributed by atoms with E-state index in [9.17, 15) is 13.2 Å². The summed E-state index contributed by atoms with van der Waals surface area (Å²) >= 11 is 0. The molecule has 0 saturated carbocycles. The Morgan fingerprint density at radius 3 is 1.95 bits per heavy atom. The quantitative estimate of drug-likeness (QED) is 0.241. The molecule has 0 aliphatic carbocycles. The second kappa shape index (κ2) is 12.1. The summed E-state index contributed by atoms with van der Waals surface area (Å²) in [5.41, 5.74) is 3.72. The lowest BCUT2D eigenvalue weighted by atomic mass is 10.1. The number of ether oxygens (including phenoxy) is 1. The third-order valence-electron chi connectivity index (χ3n) is 6.12. The van der Waals surface area contributed by atoms with Crippen molar-refractivity contribution in [2.24, 2.45) is 0 Å². The fraction of sp³-hybridized carbons (Fsp3) is 0.194. The number of amides is 1. The number of carbonyl (C=O) groups excluding carboxylic acids is 1. The third-order valence-corrected chi connectivity index (χ3v) is 7.88. The van der Waals surface area contributed by atoms with E-state index in [1.54, 1.807) is 30.9 Å². The van der Waals surface area contributed by atoms with Crippen molar-refractivity contribution in [3.05, 3.63) is 119 Å². The second-order valence-corrected chi connectivity index (χ2v) is 10.9. The maximum Gasteiger partial charge on any atom is 0.258 e. The van der Waals surface area contributed by atoms with Crippen LogP contribution in [0.3, 0.4) is 0 Å². The average Bonchev–Trinajstić information content (AvgIpc) is 2.89. The number of benzene rings is 4. The van der Waals surface area contributed by atoms with E-state index in [-0.39, 0.29) is 12.5 Å². The fourth-order valence-electron chi connectivity index (χ4n) is 4.51. The van der Waals surface area contributed by atoms with Crippen LogP contribution < -0.4 is 14.4 Å². The summed E-state index contributed by atoms with van der Waals surface area (Å²) in [6.07, 6.45) is 0.435. The Balaban J connectivity index is 1.48. The van der Waals surface area contributed by atoms with Gasteiger partial charge in [-0.25, -0.2) is 13.1 Å². The molecular formula is C31H32N2O4S. The molecule has 6 nitrogen and oxygen atoms in total. The monoisotopic (exact) mass is 528 g/mol. The van der Waals surface area contributed by atoms with Crippen LogP contribution in [0.4, 0.5) is 5.69 Å². The van der Waals surface area contributed by atoms with E-state index in [1.165, 1.54) is 0 Å². The van der Waals surface area contributed by atoms with Gasteiger partial charge < -0.3 is 9.64 Å². The number of rotatable bonds is 10. The summed E-state index contributed by atoms with van der Waals surface area (Å²) in [7, 11) is -3.68. The third kappa shape index (κ3) is 6.68. The summed E-state index contributed by atoms with van der Waals surface area (Å²) in [6.45, 7) is 6.09. The first-order valence-electron chi connectivity index (χ1n) is 12.5. The second-order valence-electron chi connectivity index (χ2n) is 9.21. The first-order chi connectivity index (χ1) is 18.2. The molecule has 4 rings (SSSR count). The van der Waals surface area contributed by atoms with Gasteiger partial charge in [0, 0.05) is 24.3 Å². The molecule has 0 atom stereocenters. The maximum atomic E-state index is 13.4. The lowest BCUT2D eigenvalue weighted by Gasteiger charge is -2.23. The number of hydrogen-bond acceptors (Lipinski definition) is 4. The van der Waals surface area contributed by atoms with Gasteiger partial charge in [-0.1, -0.05) is 54.1 Å². The lowest BCUT2D eigenvalue weighted by molar-refractivity contribution is 0.0986. The van der Waals surface area contributed by atoms with Crippen LogP contribution in [0, 0.1) is 20.8 Å². The van der Waals surface area contributed by atoms with Crippen molar-refractivity contribution in [1.82, 2.24) is 4.72 Å². The van der Waals surface area contributed by atoms with E-state index < -0.39 is 10.0 Å². The Hall–Kier alpha value is -3.94. The van der Waals surface area contributed by atoms with Crippen molar-refractivity contribution in [1.29, 1.82) is 0 Å². The molecule has 0 radical (unpaired) electrons. The van der Waals surface area contributed by atoms with Crippen LogP contribution in [0.5, 0.6) is 11.5 Å². The molecule has 38 heavy (non-hydrogen) atoms. The molecule has 0 aliphatic rings. The minimum Gasteiger partial charge on any atom is -0.457 e. The number of sulfonamides is 1. The number of carbonyl (C=O) groups is 1. The first kappa shape index (κ1) is 27.1. The maximum absolute atomic E-state index is 13.4. The molecular weight excluding hydrogens is 496 g/mol. The van der Waals surface area contributed by atoms with Crippen LogP contribution in [0.2, 0.25) is 0 Å². The Morgan fingerprint density at radius 1 is 0.789 bits per heavy atom. The minimum atomic E-state index is -3.68. The van der Waals surface area contributed by atoms with E-state index in [0.29, 0.717) is 46.0 Å². The number of nitrogens with zero attached hydrogens (tertiary/aromatic N) is 1. The molecule has 4 aromatic carbocycles. The molecule has 0 heterocycles. The van der Waals surface area contributed by atoms with Gasteiger partial charge in [0.2, 0.25) is 10.0 Å². The summed E-state index contributed by atoms with van der Waals surface area (Å²) in [5.74, 6) is 1.22. The zero-order valence-corrected chi connectivity index (χ0v) is 22.7. The lowest BCUT2D eigenvalue weighted by Crippen LogP contribution is -2.34. The van der Waals surface area contributed by atoms with Crippen LogP contribution in [-0.2, 0) is 10.0 Å². The van der Waals surface area contributed by atoms with Crippen molar-refractivity contribution in [2.75, 3.05) is 18.0 Å². The van der Waals surface area contributed by atoms with Crippen LogP contribution in [0.1, 0.15) is 33.5 Å². The Labute approximate surface area is 225 Å². The number of anilines is 1. The topological polar surface area (TPSA) is 75.7 Å². The Morgan fingerprint density at radius 2 is 1.34 bits per heavy atom. The number of nitrogens with one attached hydrogen (secondary N) is 1. The van der Waals surface area contributed by atoms with Crippen molar-refractivity contribution >= 4 is 21.6 Å². The SMILES string of the molecule is Cc1cc(C)c(S(=O)(=O)NCCCN(C(=O)c2ccccc2)c2ccc(Oc3ccccc3)cc2)c(C)c1. The zero-order valence-electron chi connectivity index (χ0n) is 21.8. The zero-order chi connectivity index (χ0) is 27.1. The molecule has 0 unspecified atom stereocenters.